The maximum absolute atomic E-state index is 13.7. The van der Waals surface area contributed by atoms with Crippen LogP contribution in [0.1, 0.15) is 67.2 Å². The molecule has 0 saturated carbocycles. The second-order valence-corrected chi connectivity index (χ2v) is 7.41. The molecule has 4 rings (SSSR count). The molecule has 4 heterocycles. The molecule has 0 bridgehead atoms. The van der Waals surface area contributed by atoms with Crippen LogP contribution >= 0.6 is 0 Å². The highest BCUT2D eigenvalue weighted by Gasteiger charge is 2.48. The third kappa shape index (κ3) is 3.27. The van der Waals surface area contributed by atoms with Crippen molar-refractivity contribution in [2.24, 2.45) is 0 Å². The number of carbonyl (C=O) groups excluding carboxylic acids is 1. The molecule has 0 aromatic carbocycles. The summed E-state index contributed by atoms with van der Waals surface area (Å²) in [6.07, 6.45) is 1.66. The topological polar surface area (TPSA) is 63.3 Å². The molecule has 6 nitrogen and oxygen atoms in total. The van der Waals surface area contributed by atoms with Gasteiger partial charge in [0.25, 0.3) is 5.91 Å². The fraction of sp³-hybridized carbons (Fsp3) is 0.579. The molecule has 0 spiro atoms. The summed E-state index contributed by atoms with van der Waals surface area (Å²) in [7, 11) is 0. The zero-order chi connectivity index (χ0) is 19.9. The van der Waals surface area contributed by atoms with Crippen LogP contribution in [0.4, 0.5) is 19.0 Å². The van der Waals surface area contributed by atoms with Gasteiger partial charge >= 0.3 is 6.18 Å². The van der Waals surface area contributed by atoms with Gasteiger partial charge in [-0.2, -0.15) is 18.3 Å². The fourth-order valence-electron chi connectivity index (χ4n) is 4.24. The van der Waals surface area contributed by atoms with Crippen molar-refractivity contribution < 1.29 is 22.4 Å². The summed E-state index contributed by atoms with van der Waals surface area (Å²) in [4.78, 5) is 15.0. The summed E-state index contributed by atoms with van der Waals surface area (Å²) in [5, 5.41) is 7.01. The normalized spacial score (nSPS) is 25.3. The van der Waals surface area contributed by atoms with Crippen molar-refractivity contribution in [3.05, 3.63) is 35.9 Å². The van der Waals surface area contributed by atoms with Crippen LogP contribution in [0.5, 0.6) is 0 Å². The van der Waals surface area contributed by atoms with Gasteiger partial charge in [-0.1, -0.05) is 6.92 Å². The first-order chi connectivity index (χ1) is 13.4. The van der Waals surface area contributed by atoms with Crippen molar-refractivity contribution in [1.29, 1.82) is 0 Å². The summed E-state index contributed by atoms with van der Waals surface area (Å²) in [6, 6.07) is 0.886. The lowest BCUT2D eigenvalue weighted by molar-refractivity contribution is -0.174. The van der Waals surface area contributed by atoms with Crippen molar-refractivity contribution in [3.8, 4) is 0 Å². The molecule has 1 N–H and O–H groups in total. The van der Waals surface area contributed by atoms with E-state index in [1.54, 1.807) is 17.0 Å². The monoisotopic (exact) mass is 396 g/mol. The highest BCUT2D eigenvalue weighted by molar-refractivity contribution is 5.99. The number of halogens is 3. The van der Waals surface area contributed by atoms with Crippen molar-refractivity contribution in [3.63, 3.8) is 0 Å². The number of nitrogens with one attached hydrogen (secondary N) is 1. The van der Waals surface area contributed by atoms with Crippen LogP contribution < -0.4 is 5.32 Å². The first kappa shape index (κ1) is 18.9. The molecule has 1 fully saturated rings. The van der Waals surface area contributed by atoms with Crippen LogP contribution in [0.25, 0.3) is 0 Å². The first-order valence-electron chi connectivity index (χ1n) is 9.65. The zero-order valence-electron chi connectivity index (χ0n) is 15.6. The number of carbonyl (C=O) groups is 1. The smallest absolute Gasteiger partial charge is 0.410 e. The Hall–Kier alpha value is -2.45. The first-order valence-corrected chi connectivity index (χ1v) is 9.65. The molecule has 2 aromatic rings. The Morgan fingerprint density at radius 1 is 1.39 bits per heavy atom. The third-order valence-corrected chi connectivity index (χ3v) is 5.71. The number of hydrogen-bond donors (Lipinski definition) is 1. The highest BCUT2D eigenvalue weighted by Crippen LogP contribution is 2.44. The number of nitrogens with zero attached hydrogens (tertiary/aromatic N) is 3. The number of fused-ring (bicyclic) bond motifs is 1. The minimum atomic E-state index is -4.48. The second kappa shape index (κ2) is 7.18. The van der Waals surface area contributed by atoms with Crippen LogP contribution in [-0.2, 0) is 0 Å². The molecule has 1 amide bonds. The molecule has 2 aromatic heterocycles. The number of rotatable bonds is 3. The Bertz CT molecular complexity index is 831. The van der Waals surface area contributed by atoms with Crippen molar-refractivity contribution in [1.82, 2.24) is 14.7 Å². The molecular weight excluding hydrogens is 373 g/mol. The Morgan fingerprint density at radius 2 is 2.21 bits per heavy atom. The molecule has 0 aliphatic carbocycles. The lowest BCUT2D eigenvalue weighted by Gasteiger charge is -2.36. The summed E-state index contributed by atoms with van der Waals surface area (Å²) >= 11 is 0. The van der Waals surface area contributed by atoms with Gasteiger partial charge in [0, 0.05) is 19.0 Å². The highest BCUT2D eigenvalue weighted by atomic mass is 19.4. The number of furan rings is 1. The van der Waals surface area contributed by atoms with Crippen LogP contribution in [-0.4, -0.2) is 39.4 Å². The van der Waals surface area contributed by atoms with Gasteiger partial charge in [-0.3, -0.25) is 4.79 Å². The van der Waals surface area contributed by atoms with E-state index in [1.165, 1.54) is 12.5 Å². The fourth-order valence-corrected chi connectivity index (χ4v) is 4.24. The van der Waals surface area contributed by atoms with E-state index in [9.17, 15) is 18.0 Å². The maximum Gasteiger partial charge on any atom is 0.410 e. The van der Waals surface area contributed by atoms with Gasteiger partial charge in [-0.15, -0.1) is 0 Å². The van der Waals surface area contributed by atoms with Crippen LogP contribution in [0.15, 0.2) is 29.0 Å². The third-order valence-electron chi connectivity index (χ3n) is 5.71. The van der Waals surface area contributed by atoms with Gasteiger partial charge in [0.05, 0.1) is 18.5 Å². The van der Waals surface area contributed by atoms with Crippen LogP contribution in [0, 0.1) is 0 Å². The van der Waals surface area contributed by atoms with Crippen LogP contribution in [0.3, 0.4) is 0 Å². The molecule has 28 heavy (non-hydrogen) atoms. The Balaban J connectivity index is 1.70. The van der Waals surface area contributed by atoms with Crippen molar-refractivity contribution >= 4 is 11.7 Å². The van der Waals surface area contributed by atoms with Crippen molar-refractivity contribution in [2.45, 2.75) is 63.3 Å². The molecule has 2 aliphatic rings. The van der Waals surface area contributed by atoms with Gasteiger partial charge in [0.1, 0.15) is 17.1 Å². The zero-order valence-corrected chi connectivity index (χ0v) is 15.6. The summed E-state index contributed by atoms with van der Waals surface area (Å²) in [5.74, 6) is 0.256. The average Bonchev–Trinajstić information content (AvgIpc) is 3.35. The van der Waals surface area contributed by atoms with E-state index in [1.807, 2.05) is 6.92 Å². The molecule has 152 valence electrons. The number of aromatic nitrogens is 2. The number of anilines is 1. The van der Waals surface area contributed by atoms with E-state index in [0.717, 1.165) is 30.4 Å². The van der Waals surface area contributed by atoms with E-state index >= 15 is 0 Å². The van der Waals surface area contributed by atoms with Gasteiger partial charge < -0.3 is 14.6 Å². The maximum atomic E-state index is 13.7. The standard InChI is InChI=1S/C19H23F3N4O2/c1-2-12-6-3-4-8-25(12)18(27)13-11-23-26-16(19(20,21)22)10-14(24-17(13)26)15-7-5-9-28-15/h5,7,9,11-12,14,16,24H,2-4,6,8,10H2,1H3/t12-,14-,16-/m0/s1. The summed E-state index contributed by atoms with van der Waals surface area (Å²) < 4.78 is 47.3. The van der Waals surface area contributed by atoms with Crippen molar-refractivity contribution in [2.75, 3.05) is 11.9 Å². The Kier molecular flexibility index (Phi) is 4.84. The van der Waals surface area contributed by atoms with E-state index in [4.69, 9.17) is 4.42 Å². The van der Waals surface area contributed by atoms with Crippen LogP contribution in [0.2, 0.25) is 0 Å². The number of amides is 1. The molecular formula is C19H23F3N4O2. The summed E-state index contributed by atoms with van der Waals surface area (Å²) in [6.45, 7) is 2.64. The average molecular weight is 396 g/mol. The number of likely N-dealkylation sites (tertiary alicyclic amines) is 1. The van der Waals surface area contributed by atoms with E-state index < -0.39 is 18.3 Å². The molecule has 1 saturated heterocycles. The molecule has 3 atom stereocenters. The lowest BCUT2D eigenvalue weighted by Crippen LogP contribution is -2.44. The van der Waals surface area contributed by atoms with E-state index in [0.29, 0.717) is 12.3 Å². The SMILES string of the molecule is CC[C@H]1CCCCN1C(=O)c1cnn2c1N[C@H](c1ccco1)C[C@H]2C(F)(F)F. The van der Waals surface area contributed by atoms with Gasteiger partial charge in [-0.05, 0) is 37.8 Å². The minimum absolute atomic E-state index is 0.111. The predicted octanol–water partition coefficient (Wildman–Crippen LogP) is 4.54. The number of piperidine rings is 1. The number of hydrogen-bond acceptors (Lipinski definition) is 4. The second-order valence-electron chi connectivity index (χ2n) is 7.41. The summed E-state index contributed by atoms with van der Waals surface area (Å²) in [5.41, 5.74) is 0.186. The van der Waals surface area contributed by atoms with E-state index in [2.05, 4.69) is 10.4 Å². The molecule has 0 radical (unpaired) electrons. The van der Waals surface area contributed by atoms with Gasteiger partial charge in [-0.25, -0.2) is 4.68 Å². The Morgan fingerprint density at radius 3 is 2.89 bits per heavy atom. The molecule has 2 aliphatic heterocycles. The van der Waals surface area contributed by atoms with E-state index in [-0.39, 0.29) is 29.8 Å². The Labute approximate surface area is 160 Å². The van der Waals surface area contributed by atoms with Gasteiger partial charge in [0.15, 0.2) is 6.04 Å². The lowest BCUT2D eigenvalue weighted by atomic mass is 9.98. The number of alkyl halides is 3. The molecule has 9 heteroatoms. The molecule has 0 unspecified atom stereocenters. The largest absolute Gasteiger partial charge is 0.467 e. The minimum Gasteiger partial charge on any atom is -0.467 e. The predicted molar refractivity (Wildman–Crippen MR) is 96.0 cm³/mol. The van der Waals surface area contributed by atoms with Gasteiger partial charge in [0.2, 0.25) is 0 Å². The quantitative estimate of drug-likeness (QED) is 0.827.